The van der Waals surface area contributed by atoms with E-state index in [-0.39, 0.29) is 97.5 Å². The third-order valence-electron chi connectivity index (χ3n) is 19.3. The molecular weight excluding hydrogens is 1250 g/mol. The summed E-state index contributed by atoms with van der Waals surface area (Å²) in [5.74, 6) is -3.42. The monoisotopic (exact) mass is 1370 g/mol. The third-order valence-corrected chi connectivity index (χ3v) is 29.9. The topological polar surface area (TPSA) is 245 Å². The molecule has 11 atom stereocenters. The van der Waals surface area contributed by atoms with Gasteiger partial charge in [-0.3, -0.25) is 19.2 Å². The van der Waals surface area contributed by atoms with Crippen LogP contribution in [0.3, 0.4) is 0 Å². The SMILES string of the molecule is CC[C@H](C)[C@@H](NC(=O)[C@@H](NC(=O)OC(C)(C)C)[C@@H](C)OC(=O)[C@@H]1Cc2ccc(OC)cc2CN1C(=O)[C@@H]1CCCN1C(=O)[C@H](CC(C)C)NC(=O)OCc1ccccc1)[C@H](CC(=O)O[C@@H](C(C)C)[C@@H](OCOC)[C@H](C)CO[Si](C)(C)C(C)(C)C)O[Si](C(C)C)(C(C)C)C(C)C. The summed E-state index contributed by atoms with van der Waals surface area (Å²) in [6.07, 6.45) is -4.19. The molecular formula is C72H121N5O16Si2. The molecule has 2 aliphatic heterocycles. The Morgan fingerprint density at radius 1 is 0.716 bits per heavy atom. The molecule has 1 fully saturated rings. The average Bonchev–Trinajstić information content (AvgIpc) is 1.64. The highest BCUT2D eigenvalue weighted by atomic mass is 28.4. The number of likely N-dealkylation sites (tertiary alicyclic amines) is 1. The van der Waals surface area contributed by atoms with Crippen molar-refractivity contribution in [3.63, 3.8) is 0 Å². The van der Waals surface area contributed by atoms with Crippen molar-refractivity contribution in [2.24, 2.45) is 23.7 Å². The summed E-state index contributed by atoms with van der Waals surface area (Å²) in [7, 11) is -2.00. The average molecular weight is 1370 g/mol. The van der Waals surface area contributed by atoms with Gasteiger partial charge in [0.1, 0.15) is 67.2 Å². The molecule has 3 N–H and O–H groups in total. The van der Waals surface area contributed by atoms with Gasteiger partial charge in [-0.05, 0) is 128 Å². The van der Waals surface area contributed by atoms with Crippen molar-refractivity contribution in [1.82, 2.24) is 25.8 Å². The summed E-state index contributed by atoms with van der Waals surface area (Å²) in [4.78, 5) is 106. The predicted molar refractivity (Wildman–Crippen MR) is 373 cm³/mol. The Bertz CT molecular complexity index is 2780. The number of benzene rings is 2. The highest BCUT2D eigenvalue weighted by molar-refractivity contribution is 6.77. The number of methoxy groups -OCH3 is 2. The lowest BCUT2D eigenvalue weighted by atomic mass is 9.91. The molecule has 0 bridgehead atoms. The van der Waals surface area contributed by atoms with E-state index in [0.29, 0.717) is 30.8 Å². The fourth-order valence-corrected chi connectivity index (χ4v) is 19.6. The number of nitrogens with zero attached hydrogens (tertiary/aromatic N) is 2. The summed E-state index contributed by atoms with van der Waals surface area (Å²) in [6.45, 7) is 44.6. The van der Waals surface area contributed by atoms with Crippen LogP contribution in [0.15, 0.2) is 48.5 Å². The fourth-order valence-electron chi connectivity index (χ4n) is 12.9. The molecule has 0 unspecified atom stereocenters. The van der Waals surface area contributed by atoms with Crippen LogP contribution in [0.4, 0.5) is 9.59 Å². The van der Waals surface area contributed by atoms with Crippen LogP contribution in [0.1, 0.15) is 187 Å². The molecule has 2 aromatic rings. The van der Waals surface area contributed by atoms with Gasteiger partial charge >= 0.3 is 24.1 Å². The van der Waals surface area contributed by atoms with Crippen LogP contribution in [0.2, 0.25) is 34.8 Å². The van der Waals surface area contributed by atoms with Gasteiger partial charge in [-0.1, -0.05) is 154 Å². The highest BCUT2D eigenvalue weighted by Gasteiger charge is 2.51. The number of fused-ring (bicyclic) bond motifs is 1. The van der Waals surface area contributed by atoms with Gasteiger partial charge in [-0.25, -0.2) is 14.4 Å². The summed E-state index contributed by atoms with van der Waals surface area (Å²) in [5, 5.41) is 8.70. The van der Waals surface area contributed by atoms with Gasteiger partial charge in [0.2, 0.25) is 26.0 Å². The van der Waals surface area contributed by atoms with Crippen LogP contribution in [0, 0.1) is 23.7 Å². The van der Waals surface area contributed by atoms with Crippen molar-refractivity contribution in [3.05, 3.63) is 65.2 Å². The van der Waals surface area contributed by atoms with Crippen LogP contribution in [-0.2, 0) is 80.8 Å². The van der Waals surface area contributed by atoms with Crippen LogP contribution in [-0.4, -0.2) is 163 Å². The van der Waals surface area contributed by atoms with Crippen molar-refractivity contribution in [2.75, 3.05) is 34.2 Å². The molecule has 538 valence electrons. The number of nitrogens with one attached hydrogen (secondary N) is 3. The fraction of sp³-hybridized carbons (Fsp3) is 0.736. The summed E-state index contributed by atoms with van der Waals surface area (Å²) in [6, 6.07) is 8.77. The first-order valence-corrected chi connectivity index (χ1v) is 39.6. The maximum absolute atomic E-state index is 15.6. The van der Waals surface area contributed by atoms with E-state index in [0.717, 1.165) is 11.1 Å². The molecule has 0 spiro atoms. The second kappa shape index (κ2) is 36.3. The van der Waals surface area contributed by atoms with Crippen molar-refractivity contribution < 1.29 is 75.6 Å². The third kappa shape index (κ3) is 23.0. The molecule has 2 aromatic carbocycles. The molecule has 5 amide bonds. The normalized spacial score (nSPS) is 18.5. The first-order chi connectivity index (χ1) is 44.2. The van der Waals surface area contributed by atoms with E-state index < -0.39 is 119 Å². The molecule has 95 heavy (non-hydrogen) atoms. The van der Waals surface area contributed by atoms with Crippen LogP contribution in [0.25, 0.3) is 0 Å². The molecule has 23 heteroatoms. The molecule has 1 saturated heterocycles. The quantitative estimate of drug-likeness (QED) is 0.0255. The first-order valence-electron chi connectivity index (χ1n) is 34.6. The van der Waals surface area contributed by atoms with E-state index in [1.54, 1.807) is 40.0 Å². The molecule has 0 aromatic heterocycles. The minimum absolute atomic E-state index is 0.00261. The number of hydrogen-bond acceptors (Lipinski definition) is 16. The number of alkyl carbamates (subject to hydrolysis) is 2. The molecule has 2 aliphatic rings. The Kier molecular flexibility index (Phi) is 31.3. The predicted octanol–water partition coefficient (Wildman–Crippen LogP) is 12.8. The molecule has 0 aliphatic carbocycles. The van der Waals surface area contributed by atoms with Crippen molar-refractivity contribution in [2.45, 2.75) is 285 Å². The van der Waals surface area contributed by atoms with E-state index in [1.165, 1.54) is 23.8 Å². The van der Waals surface area contributed by atoms with E-state index in [1.807, 2.05) is 84.9 Å². The van der Waals surface area contributed by atoms with Crippen molar-refractivity contribution >= 4 is 58.5 Å². The van der Waals surface area contributed by atoms with Crippen LogP contribution in [0.5, 0.6) is 5.75 Å². The zero-order chi connectivity index (χ0) is 71.7. The lowest BCUT2D eigenvalue weighted by molar-refractivity contribution is -0.181. The lowest BCUT2D eigenvalue weighted by Gasteiger charge is -2.47. The van der Waals surface area contributed by atoms with Gasteiger partial charge in [0.05, 0.1) is 25.7 Å². The Labute approximate surface area is 571 Å². The second-order valence-corrected chi connectivity index (χ2v) is 40.8. The minimum Gasteiger partial charge on any atom is -0.497 e. The summed E-state index contributed by atoms with van der Waals surface area (Å²) < 4.78 is 56.0. The van der Waals surface area contributed by atoms with Crippen LogP contribution >= 0.6 is 0 Å². The largest absolute Gasteiger partial charge is 0.497 e. The van der Waals surface area contributed by atoms with Crippen molar-refractivity contribution in [3.8, 4) is 5.75 Å². The second-order valence-electron chi connectivity index (χ2n) is 30.5. The van der Waals surface area contributed by atoms with Gasteiger partial charge in [-0.15, -0.1) is 0 Å². The molecule has 0 saturated carbocycles. The van der Waals surface area contributed by atoms with E-state index in [4.69, 9.17) is 42.0 Å². The Hall–Kier alpha value is -5.60. The van der Waals surface area contributed by atoms with Crippen molar-refractivity contribution in [1.29, 1.82) is 0 Å². The number of ether oxygens (including phenoxy) is 7. The number of esters is 2. The number of amides is 5. The zero-order valence-corrected chi connectivity index (χ0v) is 64.1. The molecule has 21 nitrogen and oxygen atoms in total. The Morgan fingerprint density at radius 2 is 1.35 bits per heavy atom. The molecule has 2 heterocycles. The highest BCUT2D eigenvalue weighted by Crippen LogP contribution is 2.45. The van der Waals surface area contributed by atoms with E-state index in [2.05, 4.69) is 91.4 Å². The summed E-state index contributed by atoms with van der Waals surface area (Å²) >= 11 is 0. The zero-order valence-electron chi connectivity index (χ0n) is 62.1. The standard InChI is InChI=1S/C72H121N5O16Si2/c1-25-49(12)61(59(93-95(46(6)7,47(8)9)48(10)11)39-60(78)91-63(45(4)5)64(88-43-85-21)50(13)41-89-94(23,24)72(18,19)20)74-65(79)62(75-70(84)92-71(15,16)17)51(14)90-68(82)58-38-53-33-34-55(86-22)37-54(53)40-77(58)67(81)57-32-29-35-76(57)66(80)56(36-44(2)3)73-69(83)87-42-52-30-27-26-28-31-52/h26-28,30-31,33-34,37,44-51,56-59,61-64H,25,29,32,35-36,38-43H2,1-24H3,(H,73,83)(H,74,79)(H,75,84)/t49-,50+,51+,56-,57-,58-,59-,61+,62-,63-,64-/m0/s1. The summed E-state index contributed by atoms with van der Waals surface area (Å²) in [5.41, 5.74) is 1.40. The maximum Gasteiger partial charge on any atom is 0.408 e. The first kappa shape index (κ1) is 81.8. The minimum atomic E-state index is -2.89. The number of hydrogen-bond donors (Lipinski definition) is 3. The van der Waals surface area contributed by atoms with Gasteiger partial charge in [-0.2, -0.15) is 0 Å². The van der Waals surface area contributed by atoms with Gasteiger partial charge in [0, 0.05) is 39.1 Å². The Morgan fingerprint density at radius 3 is 1.89 bits per heavy atom. The lowest BCUT2D eigenvalue weighted by Crippen LogP contribution is -2.62. The number of carbonyl (C=O) groups excluding carboxylic acids is 7. The van der Waals surface area contributed by atoms with E-state index in [9.17, 15) is 14.4 Å². The van der Waals surface area contributed by atoms with Gasteiger partial charge in [0.25, 0.3) is 0 Å². The number of rotatable bonds is 34. The Balaban J connectivity index is 1.78. The molecule has 4 rings (SSSR count). The van der Waals surface area contributed by atoms with Crippen LogP contribution < -0.4 is 20.7 Å². The van der Waals surface area contributed by atoms with E-state index >= 15 is 19.2 Å². The number of carbonyl (C=O) groups is 7. The maximum atomic E-state index is 15.6. The van der Waals surface area contributed by atoms with Gasteiger partial charge < -0.3 is 67.8 Å². The molecule has 0 radical (unpaired) electrons. The van der Waals surface area contributed by atoms with Gasteiger partial charge in [0.15, 0.2) is 8.32 Å². The smallest absolute Gasteiger partial charge is 0.408 e.